The quantitative estimate of drug-likeness (QED) is 0.609. The second-order valence-electron chi connectivity index (χ2n) is 4.67. The molecule has 0 heterocycles. The van der Waals surface area contributed by atoms with Crippen LogP contribution in [0.1, 0.15) is 25.3 Å². The van der Waals surface area contributed by atoms with E-state index >= 15 is 0 Å². The molecule has 1 rings (SSSR count). The number of aliphatic hydroxyl groups is 1. The lowest BCUT2D eigenvalue weighted by molar-refractivity contribution is -0.138. The highest BCUT2D eigenvalue weighted by Gasteiger charge is 2.44. The molecule has 1 aromatic rings. The summed E-state index contributed by atoms with van der Waals surface area (Å²) < 4.78 is 0. The van der Waals surface area contributed by atoms with Gasteiger partial charge in [0.1, 0.15) is 0 Å². The van der Waals surface area contributed by atoms with E-state index < -0.39 is 23.3 Å². The van der Waals surface area contributed by atoms with Crippen LogP contribution in [0.15, 0.2) is 30.3 Å². The summed E-state index contributed by atoms with van der Waals surface area (Å²) in [6.07, 6.45) is 0.0802. The number of hydrogen-bond acceptors (Lipinski definition) is 4. The zero-order chi connectivity index (χ0) is 14.5. The van der Waals surface area contributed by atoms with Crippen molar-refractivity contribution in [1.82, 2.24) is 0 Å². The summed E-state index contributed by atoms with van der Waals surface area (Å²) >= 11 is 0. The molecule has 1 amide bonds. The number of ketones is 1. The predicted molar refractivity (Wildman–Crippen MR) is 72.2 cm³/mol. The number of benzene rings is 1. The van der Waals surface area contributed by atoms with Gasteiger partial charge in [0.2, 0.25) is 5.91 Å². The number of primary amides is 1. The first-order valence-electron chi connectivity index (χ1n) is 6.23. The highest BCUT2D eigenvalue weighted by atomic mass is 16.3. The van der Waals surface area contributed by atoms with Gasteiger partial charge in [-0.2, -0.15) is 0 Å². The molecule has 0 aliphatic rings. The Hall–Kier alpha value is -1.72. The smallest absolute Gasteiger partial charge is 0.247 e. The minimum Gasteiger partial charge on any atom is -0.390 e. The van der Waals surface area contributed by atoms with Gasteiger partial charge < -0.3 is 16.6 Å². The van der Waals surface area contributed by atoms with Gasteiger partial charge in [0.15, 0.2) is 11.3 Å². The Bertz CT molecular complexity index is 445. The van der Waals surface area contributed by atoms with E-state index in [9.17, 15) is 14.7 Å². The zero-order valence-corrected chi connectivity index (χ0v) is 11.0. The summed E-state index contributed by atoms with van der Waals surface area (Å²) in [4.78, 5) is 23.2. The van der Waals surface area contributed by atoms with Crippen LogP contribution >= 0.6 is 0 Å². The minimum absolute atomic E-state index is 0.110. The predicted octanol–water partition coefficient (Wildman–Crippen LogP) is 0.142. The van der Waals surface area contributed by atoms with Gasteiger partial charge in [0, 0.05) is 6.42 Å². The third-order valence-corrected chi connectivity index (χ3v) is 3.24. The fraction of sp³-hybridized carbons (Fsp3) is 0.429. The number of nitrogens with two attached hydrogens (primary N) is 2. The van der Waals surface area contributed by atoms with Crippen LogP contribution in [0.3, 0.4) is 0 Å². The lowest BCUT2D eigenvalue weighted by atomic mass is 9.86. The summed E-state index contributed by atoms with van der Waals surface area (Å²) in [6.45, 7) is 1.29. The van der Waals surface area contributed by atoms with Crippen molar-refractivity contribution in [3.63, 3.8) is 0 Å². The maximum Gasteiger partial charge on any atom is 0.247 e. The molecule has 0 bridgehead atoms. The molecular weight excluding hydrogens is 244 g/mol. The van der Waals surface area contributed by atoms with E-state index in [4.69, 9.17) is 11.5 Å². The van der Waals surface area contributed by atoms with Crippen molar-refractivity contribution in [2.24, 2.45) is 11.5 Å². The summed E-state index contributed by atoms with van der Waals surface area (Å²) in [7, 11) is 0. The number of carbonyl (C=O) groups is 2. The maximum atomic E-state index is 12.0. The van der Waals surface area contributed by atoms with E-state index in [0.29, 0.717) is 12.8 Å². The molecule has 5 nitrogen and oxygen atoms in total. The summed E-state index contributed by atoms with van der Waals surface area (Å²) in [5.41, 5.74) is 9.86. The molecule has 0 aliphatic carbocycles. The number of carbonyl (C=O) groups excluding carboxylic acids is 2. The third-order valence-electron chi connectivity index (χ3n) is 3.24. The largest absolute Gasteiger partial charge is 0.390 e. The van der Waals surface area contributed by atoms with E-state index in [0.717, 1.165) is 5.56 Å². The van der Waals surface area contributed by atoms with Crippen molar-refractivity contribution in [2.75, 3.05) is 0 Å². The van der Waals surface area contributed by atoms with Crippen LogP contribution < -0.4 is 11.5 Å². The summed E-state index contributed by atoms with van der Waals surface area (Å²) in [6, 6.07) is 9.68. The molecule has 5 N–H and O–H groups in total. The summed E-state index contributed by atoms with van der Waals surface area (Å²) in [5, 5.41) is 9.48. The number of amides is 1. The Labute approximate surface area is 112 Å². The monoisotopic (exact) mass is 264 g/mol. The van der Waals surface area contributed by atoms with E-state index in [1.165, 1.54) is 6.92 Å². The standard InChI is InChI=1S/C14H20N2O3/c1-10(17)14(16,13(15)19)12(18)9-5-8-11-6-3-2-4-7-11/h2-4,6-7,10,17H,5,8-9,16H2,1H3,(H2,15,19)/t10-,14-/m1/s1. The van der Waals surface area contributed by atoms with Gasteiger partial charge in [-0.3, -0.25) is 9.59 Å². The molecule has 5 heteroatoms. The second-order valence-corrected chi connectivity index (χ2v) is 4.67. The van der Waals surface area contributed by atoms with Crippen LogP contribution in [-0.2, 0) is 16.0 Å². The van der Waals surface area contributed by atoms with E-state index in [2.05, 4.69) is 0 Å². The van der Waals surface area contributed by atoms with Gasteiger partial charge in [-0.05, 0) is 25.3 Å². The number of rotatable bonds is 7. The molecule has 104 valence electrons. The lowest BCUT2D eigenvalue weighted by Gasteiger charge is -2.27. The SMILES string of the molecule is C[C@@H](O)[C@](N)(C(N)=O)C(=O)CCCc1ccccc1. The van der Waals surface area contributed by atoms with Gasteiger partial charge in [0.05, 0.1) is 6.10 Å². The van der Waals surface area contributed by atoms with Crippen molar-refractivity contribution >= 4 is 11.7 Å². The first kappa shape index (κ1) is 15.3. The van der Waals surface area contributed by atoms with Crippen molar-refractivity contribution < 1.29 is 14.7 Å². The van der Waals surface area contributed by atoms with E-state index in [1.807, 2.05) is 30.3 Å². The molecular formula is C14H20N2O3. The van der Waals surface area contributed by atoms with Crippen LogP contribution in [0.4, 0.5) is 0 Å². The lowest BCUT2D eigenvalue weighted by Crippen LogP contribution is -2.64. The first-order chi connectivity index (χ1) is 8.89. The average molecular weight is 264 g/mol. The fourth-order valence-corrected chi connectivity index (χ4v) is 1.88. The van der Waals surface area contributed by atoms with Crippen molar-refractivity contribution in [3.05, 3.63) is 35.9 Å². The summed E-state index contributed by atoms with van der Waals surface area (Å²) in [5.74, 6) is -1.52. The van der Waals surface area contributed by atoms with Crippen LogP contribution in [0.5, 0.6) is 0 Å². The van der Waals surface area contributed by atoms with Crippen molar-refractivity contribution in [2.45, 2.75) is 37.8 Å². The number of aryl methyl sites for hydroxylation is 1. The normalized spacial score (nSPS) is 15.5. The van der Waals surface area contributed by atoms with Gasteiger partial charge >= 0.3 is 0 Å². The number of hydrogen-bond donors (Lipinski definition) is 3. The minimum atomic E-state index is -1.99. The molecule has 0 fully saturated rings. The number of aliphatic hydroxyl groups excluding tert-OH is 1. The van der Waals surface area contributed by atoms with E-state index in [-0.39, 0.29) is 6.42 Å². The fourth-order valence-electron chi connectivity index (χ4n) is 1.88. The Morgan fingerprint density at radius 2 is 1.89 bits per heavy atom. The zero-order valence-electron chi connectivity index (χ0n) is 11.0. The maximum absolute atomic E-state index is 12.0. The second kappa shape index (κ2) is 6.45. The van der Waals surface area contributed by atoms with Gasteiger partial charge in [-0.25, -0.2) is 0 Å². The Morgan fingerprint density at radius 1 is 1.32 bits per heavy atom. The van der Waals surface area contributed by atoms with Crippen LogP contribution in [0, 0.1) is 0 Å². The van der Waals surface area contributed by atoms with Crippen LogP contribution in [-0.4, -0.2) is 28.4 Å². The Balaban J connectivity index is 2.57. The van der Waals surface area contributed by atoms with Gasteiger partial charge in [0.25, 0.3) is 0 Å². The van der Waals surface area contributed by atoms with Crippen molar-refractivity contribution in [1.29, 1.82) is 0 Å². The third kappa shape index (κ3) is 3.62. The highest BCUT2D eigenvalue weighted by Crippen LogP contribution is 2.14. The van der Waals surface area contributed by atoms with Crippen molar-refractivity contribution in [3.8, 4) is 0 Å². The molecule has 2 atom stereocenters. The molecule has 0 aromatic heterocycles. The molecule has 0 radical (unpaired) electrons. The Morgan fingerprint density at radius 3 is 2.37 bits per heavy atom. The highest BCUT2D eigenvalue weighted by molar-refractivity contribution is 6.10. The van der Waals surface area contributed by atoms with Gasteiger partial charge in [-0.1, -0.05) is 30.3 Å². The molecule has 1 aromatic carbocycles. The molecule has 0 aliphatic heterocycles. The van der Waals surface area contributed by atoms with E-state index in [1.54, 1.807) is 0 Å². The van der Waals surface area contributed by atoms with Crippen LogP contribution in [0.2, 0.25) is 0 Å². The Kier molecular flexibility index (Phi) is 5.20. The molecule has 0 spiro atoms. The molecule has 0 saturated carbocycles. The van der Waals surface area contributed by atoms with Gasteiger partial charge in [-0.15, -0.1) is 0 Å². The average Bonchev–Trinajstić information content (AvgIpc) is 2.38. The van der Waals surface area contributed by atoms with Crippen LogP contribution in [0.25, 0.3) is 0 Å². The number of Topliss-reactive ketones (excluding diaryl/α,β-unsaturated/α-hetero) is 1. The first-order valence-corrected chi connectivity index (χ1v) is 6.23. The molecule has 19 heavy (non-hydrogen) atoms. The topological polar surface area (TPSA) is 106 Å². The molecule has 0 saturated heterocycles. The molecule has 0 unspecified atom stereocenters.